The van der Waals surface area contributed by atoms with E-state index < -0.39 is 0 Å². The molecule has 0 saturated heterocycles. The molecule has 1 N–H and O–H groups in total. The number of aliphatic hydroxyl groups is 1. The van der Waals surface area contributed by atoms with Gasteiger partial charge >= 0.3 is 0 Å². The van der Waals surface area contributed by atoms with Gasteiger partial charge in [-0.1, -0.05) is 54.1 Å². The van der Waals surface area contributed by atoms with Crippen LogP contribution in [0.5, 0.6) is 5.75 Å². The summed E-state index contributed by atoms with van der Waals surface area (Å²) in [5, 5.41) is 9.81. The van der Waals surface area contributed by atoms with E-state index in [2.05, 4.69) is 0 Å². The van der Waals surface area contributed by atoms with E-state index in [0.29, 0.717) is 16.3 Å². The predicted molar refractivity (Wildman–Crippen MR) is 72.9 cm³/mol. The van der Waals surface area contributed by atoms with Crippen molar-refractivity contribution < 1.29 is 9.84 Å². The summed E-state index contributed by atoms with van der Waals surface area (Å²) in [7, 11) is 0. The summed E-state index contributed by atoms with van der Waals surface area (Å²) in [6.45, 7) is 1.87. The highest BCUT2D eigenvalue weighted by Gasteiger charge is 2.12. The van der Waals surface area contributed by atoms with Gasteiger partial charge in [-0.25, -0.2) is 0 Å². The fraction of sp³-hybridized carbons (Fsp3) is 0.200. The Morgan fingerprint density at radius 2 is 1.83 bits per heavy atom. The number of hydrogen-bond acceptors (Lipinski definition) is 2. The molecule has 0 bridgehead atoms. The number of hydrogen-bond donors (Lipinski definition) is 1. The zero-order valence-electron chi connectivity index (χ0n) is 10.1. The van der Waals surface area contributed by atoms with Gasteiger partial charge < -0.3 is 9.84 Å². The van der Waals surface area contributed by atoms with Gasteiger partial charge in [-0.05, 0) is 18.6 Å². The van der Waals surface area contributed by atoms with Crippen LogP contribution in [-0.2, 0) is 6.61 Å². The number of benzene rings is 2. The second-order valence-electron chi connectivity index (χ2n) is 4.06. The summed E-state index contributed by atoms with van der Waals surface area (Å²) in [6, 6.07) is 15.3. The average Bonchev–Trinajstić information content (AvgIpc) is 2.42. The van der Waals surface area contributed by atoms with Crippen LogP contribution in [0.4, 0.5) is 0 Å². The minimum Gasteiger partial charge on any atom is -0.484 e. The van der Waals surface area contributed by atoms with E-state index in [1.54, 1.807) is 18.2 Å². The molecule has 3 heteroatoms. The lowest BCUT2D eigenvalue weighted by Crippen LogP contribution is -2.05. The van der Waals surface area contributed by atoms with Gasteiger partial charge in [0.2, 0.25) is 0 Å². The van der Waals surface area contributed by atoms with Gasteiger partial charge in [0.05, 0.1) is 11.6 Å². The fourth-order valence-corrected chi connectivity index (χ4v) is 2.02. The molecule has 0 radical (unpaired) electrons. The third kappa shape index (κ3) is 2.84. The normalized spacial score (nSPS) is 12.2. The van der Waals surface area contributed by atoms with E-state index in [9.17, 15) is 5.11 Å². The predicted octanol–water partition coefficient (Wildman–Crippen LogP) is 3.97. The zero-order valence-corrected chi connectivity index (χ0v) is 10.9. The summed E-state index contributed by atoms with van der Waals surface area (Å²) < 4.78 is 5.86. The maximum Gasteiger partial charge on any atom is 0.144 e. The largest absolute Gasteiger partial charge is 0.484 e. The molecule has 0 aromatic heterocycles. The van der Waals surface area contributed by atoms with Gasteiger partial charge in [-0.3, -0.25) is 0 Å². The second-order valence-corrected chi connectivity index (χ2v) is 4.46. The van der Waals surface area contributed by atoms with E-state index in [-0.39, 0.29) is 12.7 Å². The molecule has 0 aliphatic heterocycles. The van der Waals surface area contributed by atoms with Crippen LogP contribution in [0.25, 0.3) is 0 Å². The Bertz CT molecular complexity index is 511. The lowest BCUT2D eigenvalue weighted by Gasteiger charge is -2.18. The molecule has 0 spiro atoms. The molecule has 0 heterocycles. The Kier molecular flexibility index (Phi) is 4.24. The van der Waals surface area contributed by atoms with Crippen LogP contribution < -0.4 is 4.74 Å². The second kappa shape index (κ2) is 5.89. The van der Waals surface area contributed by atoms with E-state index in [1.165, 1.54) is 0 Å². The lowest BCUT2D eigenvalue weighted by atomic mass is 10.1. The van der Waals surface area contributed by atoms with Crippen molar-refractivity contribution >= 4 is 11.6 Å². The first kappa shape index (κ1) is 12.9. The van der Waals surface area contributed by atoms with Crippen molar-refractivity contribution in [3.63, 3.8) is 0 Å². The molecule has 18 heavy (non-hydrogen) atoms. The summed E-state index contributed by atoms with van der Waals surface area (Å²) in [5.41, 5.74) is 1.77. The molecule has 2 nitrogen and oxygen atoms in total. The summed E-state index contributed by atoms with van der Waals surface area (Å²) >= 11 is 6.10. The molecule has 0 saturated carbocycles. The Labute approximate surface area is 112 Å². The molecular formula is C15H15ClO2. The van der Waals surface area contributed by atoms with Crippen LogP contribution in [0.2, 0.25) is 5.02 Å². The van der Waals surface area contributed by atoms with Crippen molar-refractivity contribution in [3.8, 4) is 5.75 Å². The first-order valence-corrected chi connectivity index (χ1v) is 6.20. The van der Waals surface area contributed by atoms with E-state index >= 15 is 0 Å². The van der Waals surface area contributed by atoms with E-state index in [1.807, 2.05) is 37.3 Å². The van der Waals surface area contributed by atoms with Gasteiger partial charge in [0.1, 0.15) is 11.9 Å². The van der Waals surface area contributed by atoms with Crippen LogP contribution in [0, 0.1) is 0 Å². The van der Waals surface area contributed by atoms with E-state index in [4.69, 9.17) is 16.3 Å². The molecule has 1 atom stereocenters. The quantitative estimate of drug-likeness (QED) is 0.903. The lowest BCUT2D eigenvalue weighted by molar-refractivity contribution is 0.213. The van der Waals surface area contributed by atoms with E-state index in [0.717, 1.165) is 5.56 Å². The Balaban J connectivity index is 2.24. The third-order valence-corrected chi connectivity index (χ3v) is 3.08. The Morgan fingerprint density at radius 1 is 1.11 bits per heavy atom. The van der Waals surface area contributed by atoms with Crippen molar-refractivity contribution in [2.75, 3.05) is 0 Å². The topological polar surface area (TPSA) is 29.5 Å². The van der Waals surface area contributed by atoms with Crippen molar-refractivity contribution in [2.24, 2.45) is 0 Å². The first-order valence-electron chi connectivity index (χ1n) is 5.82. The third-order valence-electron chi connectivity index (χ3n) is 2.78. The van der Waals surface area contributed by atoms with Crippen molar-refractivity contribution in [1.29, 1.82) is 0 Å². The maximum atomic E-state index is 9.29. The standard InChI is InChI=1S/C15H15ClO2/c1-11(12-6-3-2-4-7-12)18-15-13(10-17)8-5-9-14(15)16/h2-9,11,17H,10H2,1H3. The van der Waals surface area contributed by atoms with Crippen molar-refractivity contribution in [3.05, 3.63) is 64.7 Å². The summed E-state index contributed by atoms with van der Waals surface area (Å²) in [4.78, 5) is 0. The van der Waals surface area contributed by atoms with Crippen molar-refractivity contribution in [2.45, 2.75) is 19.6 Å². The van der Waals surface area contributed by atoms with Gasteiger partial charge in [0.15, 0.2) is 0 Å². The number of aliphatic hydroxyl groups excluding tert-OH is 1. The highest BCUT2D eigenvalue weighted by atomic mass is 35.5. The van der Waals surface area contributed by atoms with Crippen molar-refractivity contribution in [1.82, 2.24) is 0 Å². The first-order chi connectivity index (χ1) is 8.72. The molecular weight excluding hydrogens is 248 g/mol. The molecule has 2 rings (SSSR count). The van der Waals surface area contributed by atoms with Crippen LogP contribution >= 0.6 is 11.6 Å². The number of halogens is 1. The van der Waals surface area contributed by atoms with Crippen LogP contribution in [0.15, 0.2) is 48.5 Å². The SMILES string of the molecule is CC(Oc1c(Cl)cccc1CO)c1ccccc1. The number of para-hydroxylation sites is 1. The minimum atomic E-state index is -0.114. The molecule has 2 aromatic rings. The Morgan fingerprint density at radius 3 is 2.50 bits per heavy atom. The minimum absolute atomic E-state index is 0.0859. The monoisotopic (exact) mass is 262 g/mol. The van der Waals surface area contributed by atoms with Crippen LogP contribution in [-0.4, -0.2) is 5.11 Å². The fourth-order valence-electron chi connectivity index (χ4n) is 1.78. The number of ether oxygens (including phenoxy) is 1. The molecule has 0 amide bonds. The zero-order chi connectivity index (χ0) is 13.0. The molecule has 2 aromatic carbocycles. The van der Waals surface area contributed by atoms with Crippen LogP contribution in [0.3, 0.4) is 0 Å². The average molecular weight is 263 g/mol. The summed E-state index contributed by atoms with van der Waals surface area (Å²) in [5.74, 6) is 0.554. The molecule has 0 fully saturated rings. The van der Waals surface area contributed by atoms with Gasteiger partial charge in [0.25, 0.3) is 0 Å². The molecule has 0 aliphatic rings. The molecule has 0 aliphatic carbocycles. The number of rotatable bonds is 4. The highest BCUT2D eigenvalue weighted by molar-refractivity contribution is 6.32. The smallest absolute Gasteiger partial charge is 0.144 e. The Hall–Kier alpha value is -1.51. The van der Waals surface area contributed by atoms with Gasteiger partial charge in [-0.15, -0.1) is 0 Å². The van der Waals surface area contributed by atoms with Crippen LogP contribution in [0.1, 0.15) is 24.2 Å². The highest BCUT2D eigenvalue weighted by Crippen LogP contribution is 2.32. The molecule has 1 unspecified atom stereocenters. The summed E-state index contributed by atoms with van der Waals surface area (Å²) in [6.07, 6.45) is -0.114. The molecule has 94 valence electrons. The van der Waals surface area contributed by atoms with Gasteiger partial charge in [0, 0.05) is 5.56 Å². The van der Waals surface area contributed by atoms with Gasteiger partial charge in [-0.2, -0.15) is 0 Å². The maximum absolute atomic E-state index is 9.29.